The molecule has 0 radical (unpaired) electrons. The standard InChI is InChI=1S/C27H31FN4O4/c1-5-18-16-31(26(35)36-27(2,3)4)12-13-32(18)25(34)21-14-17(10-11-22(21)28)15-23-19-8-6-7-9-20(19)24(33)30-29-23/h6-11,14,18H,5,12-13,15-16H2,1-4H3,(H,30,33)/t18-/m0/s1. The number of ether oxygens (including phenoxy) is 1. The average Bonchev–Trinajstić information content (AvgIpc) is 2.85. The van der Waals surface area contributed by atoms with Crippen molar-refractivity contribution in [3.8, 4) is 0 Å². The lowest BCUT2D eigenvalue weighted by atomic mass is 10.0. The molecule has 4 rings (SSSR count). The fourth-order valence-electron chi connectivity index (χ4n) is 4.46. The minimum Gasteiger partial charge on any atom is -0.444 e. The van der Waals surface area contributed by atoms with Crippen molar-refractivity contribution < 1.29 is 18.7 Å². The highest BCUT2D eigenvalue weighted by Crippen LogP contribution is 2.23. The van der Waals surface area contributed by atoms with Crippen molar-refractivity contribution in [2.75, 3.05) is 19.6 Å². The minimum absolute atomic E-state index is 0.0228. The Labute approximate surface area is 209 Å². The summed E-state index contributed by atoms with van der Waals surface area (Å²) in [6.07, 6.45) is 0.517. The van der Waals surface area contributed by atoms with Crippen LogP contribution in [0.25, 0.3) is 10.8 Å². The molecule has 0 aliphatic carbocycles. The smallest absolute Gasteiger partial charge is 0.410 e. The summed E-state index contributed by atoms with van der Waals surface area (Å²) in [5.41, 5.74) is 0.421. The molecule has 1 fully saturated rings. The number of amides is 2. The van der Waals surface area contributed by atoms with E-state index in [0.29, 0.717) is 48.0 Å². The van der Waals surface area contributed by atoms with Crippen LogP contribution in [-0.4, -0.2) is 63.3 Å². The molecule has 0 bridgehead atoms. The van der Waals surface area contributed by atoms with E-state index < -0.39 is 23.4 Å². The summed E-state index contributed by atoms with van der Waals surface area (Å²) in [6, 6.07) is 11.3. The molecular formula is C27H31FN4O4. The number of H-pyrrole nitrogens is 1. The summed E-state index contributed by atoms with van der Waals surface area (Å²) in [4.78, 5) is 41.3. The second-order valence-electron chi connectivity index (χ2n) is 10.0. The maximum absolute atomic E-state index is 14.8. The Morgan fingerprint density at radius 2 is 1.86 bits per heavy atom. The van der Waals surface area contributed by atoms with Crippen LogP contribution in [0.5, 0.6) is 0 Å². The predicted octanol–water partition coefficient (Wildman–Crippen LogP) is 4.12. The third-order valence-corrected chi connectivity index (χ3v) is 6.27. The van der Waals surface area contributed by atoms with Crippen LogP contribution in [0.1, 0.15) is 55.7 Å². The van der Waals surface area contributed by atoms with Crippen molar-refractivity contribution in [3.05, 3.63) is 75.5 Å². The molecule has 1 aromatic heterocycles. The molecule has 2 aromatic carbocycles. The number of halogens is 1. The normalized spacial score (nSPS) is 16.3. The molecule has 8 nitrogen and oxygen atoms in total. The van der Waals surface area contributed by atoms with Crippen LogP contribution < -0.4 is 5.56 Å². The van der Waals surface area contributed by atoms with Gasteiger partial charge in [-0.1, -0.05) is 31.2 Å². The van der Waals surface area contributed by atoms with Crippen molar-refractivity contribution in [3.63, 3.8) is 0 Å². The fourth-order valence-corrected chi connectivity index (χ4v) is 4.46. The third kappa shape index (κ3) is 5.40. The van der Waals surface area contributed by atoms with E-state index >= 15 is 0 Å². The second-order valence-corrected chi connectivity index (χ2v) is 10.0. The van der Waals surface area contributed by atoms with Crippen LogP contribution in [0.3, 0.4) is 0 Å². The molecule has 1 saturated heterocycles. The lowest BCUT2D eigenvalue weighted by molar-refractivity contribution is 0.00388. The van der Waals surface area contributed by atoms with Crippen molar-refractivity contribution in [2.24, 2.45) is 0 Å². The number of fused-ring (bicyclic) bond motifs is 1. The zero-order chi connectivity index (χ0) is 26.0. The Balaban J connectivity index is 1.55. The molecule has 1 N–H and O–H groups in total. The number of aromatic amines is 1. The molecule has 1 aliphatic rings. The molecule has 2 amide bonds. The maximum Gasteiger partial charge on any atom is 0.410 e. The van der Waals surface area contributed by atoms with Crippen LogP contribution in [-0.2, 0) is 11.2 Å². The van der Waals surface area contributed by atoms with E-state index in [2.05, 4.69) is 10.2 Å². The highest BCUT2D eigenvalue weighted by molar-refractivity contribution is 5.95. The van der Waals surface area contributed by atoms with Gasteiger partial charge >= 0.3 is 6.09 Å². The van der Waals surface area contributed by atoms with E-state index in [4.69, 9.17) is 4.74 Å². The Bertz CT molecular complexity index is 1350. The molecule has 1 atom stereocenters. The van der Waals surface area contributed by atoms with Gasteiger partial charge in [0.25, 0.3) is 11.5 Å². The summed E-state index contributed by atoms with van der Waals surface area (Å²) in [7, 11) is 0. The Hall–Kier alpha value is -3.75. The van der Waals surface area contributed by atoms with Gasteiger partial charge in [-0.2, -0.15) is 5.10 Å². The number of benzene rings is 2. The third-order valence-electron chi connectivity index (χ3n) is 6.27. The first-order valence-electron chi connectivity index (χ1n) is 12.1. The average molecular weight is 495 g/mol. The highest BCUT2D eigenvalue weighted by Gasteiger charge is 2.34. The van der Waals surface area contributed by atoms with Crippen molar-refractivity contribution >= 4 is 22.8 Å². The van der Waals surface area contributed by atoms with Crippen LogP contribution in [0.4, 0.5) is 9.18 Å². The molecule has 36 heavy (non-hydrogen) atoms. The van der Waals surface area contributed by atoms with Gasteiger partial charge < -0.3 is 14.5 Å². The molecule has 1 aliphatic heterocycles. The molecule has 0 spiro atoms. The zero-order valence-corrected chi connectivity index (χ0v) is 21.0. The first-order valence-corrected chi connectivity index (χ1v) is 12.1. The quantitative estimate of drug-likeness (QED) is 0.589. The highest BCUT2D eigenvalue weighted by atomic mass is 19.1. The van der Waals surface area contributed by atoms with E-state index in [1.807, 2.05) is 39.8 Å². The number of hydrogen-bond acceptors (Lipinski definition) is 5. The Kier molecular flexibility index (Phi) is 7.10. The molecule has 0 unspecified atom stereocenters. The topological polar surface area (TPSA) is 95.6 Å². The van der Waals surface area contributed by atoms with Crippen LogP contribution in [0, 0.1) is 5.82 Å². The number of carbonyl (C=O) groups excluding carboxylic acids is 2. The first kappa shape index (κ1) is 25.3. The largest absolute Gasteiger partial charge is 0.444 e. The maximum atomic E-state index is 14.8. The Morgan fingerprint density at radius 1 is 1.14 bits per heavy atom. The number of carbonyl (C=O) groups is 2. The van der Waals surface area contributed by atoms with Gasteiger partial charge in [0, 0.05) is 37.5 Å². The van der Waals surface area contributed by atoms with Crippen LogP contribution in [0.15, 0.2) is 47.3 Å². The van der Waals surface area contributed by atoms with Crippen LogP contribution in [0.2, 0.25) is 0 Å². The molecule has 9 heteroatoms. The van der Waals surface area contributed by atoms with E-state index in [9.17, 15) is 18.8 Å². The SMILES string of the molecule is CC[C@H]1CN(C(=O)OC(C)(C)C)CCN1C(=O)c1cc(Cc2n[nH]c(=O)c3ccccc23)ccc1F. The van der Waals surface area contributed by atoms with Gasteiger partial charge in [0.2, 0.25) is 0 Å². The molecule has 2 heterocycles. The number of nitrogens with one attached hydrogen (secondary N) is 1. The van der Waals surface area contributed by atoms with Gasteiger partial charge in [0.05, 0.1) is 16.6 Å². The van der Waals surface area contributed by atoms with E-state index in [0.717, 1.165) is 0 Å². The number of rotatable bonds is 4. The summed E-state index contributed by atoms with van der Waals surface area (Å²) < 4.78 is 20.3. The molecule has 190 valence electrons. The first-order chi connectivity index (χ1) is 17.1. The summed E-state index contributed by atoms with van der Waals surface area (Å²) in [5, 5.41) is 7.93. The number of hydrogen-bond donors (Lipinski definition) is 1. The summed E-state index contributed by atoms with van der Waals surface area (Å²) in [6.45, 7) is 8.28. The number of aromatic nitrogens is 2. The number of piperazine rings is 1. The Morgan fingerprint density at radius 3 is 2.56 bits per heavy atom. The fraction of sp³-hybridized carbons (Fsp3) is 0.407. The van der Waals surface area contributed by atoms with Crippen LogP contribution >= 0.6 is 0 Å². The second kappa shape index (κ2) is 10.1. The molecule has 0 saturated carbocycles. The van der Waals surface area contributed by atoms with Gasteiger partial charge in [-0.15, -0.1) is 0 Å². The lowest BCUT2D eigenvalue weighted by Crippen LogP contribution is -2.57. The van der Waals surface area contributed by atoms with E-state index in [1.54, 1.807) is 34.1 Å². The number of nitrogens with zero attached hydrogens (tertiary/aromatic N) is 3. The zero-order valence-electron chi connectivity index (χ0n) is 21.0. The predicted molar refractivity (Wildman–Crippen MR) is 134 cm³/mol. The van der Waals surface area contributed by atoms with Gasteiger partial charge in [-0.05, 0) is 51.0 Å². The van der Waals surface area contributed by atoms with Gasteiger partial charge in [-0.3, -0.25) is 9.59 Å². The van der Waals surface area contributed by atoms with Crippen molar-refractivity contribution in [1.82, 2.24) is 20.0 Å². The molecular weight excluding hydrogens is 463 g/mol. The van der Waals surface area contributed by atoms with Gasteiger partial charge in [0.15, 0.2) is 0 Å². The van der Waals surface area contributed by atoms with Gasteiger partial charge in [0.1, 0.15) is 11.4 Å². The summed E-state index contributed by atoms with van der Waals surface area (Å²) in [5.74, 6) is -1.02. The summed E-state index contributed by atoms with van der Waals surface area (Å²) >= 11 is 0. The van der Waals surface area contributed by atoms with Crippen molar-refractivity contribution in [2.45, 2.75) is 52.2 Å². The monoisotopic (exact) mass is 494 g/mol. The van der Waals surface area contributed by atoms with E-state index in [1.165, 1.54) is 6.07 Å². The lowest BCUT2D eigenvalue weighted by Gasteiger charge is -2.41. The van der Waals surface area contributed by atoms with Crippen molar-refractivity contribution in [1.29, 1.82) is 0 Å². The molecule has 3 aromatic rings. The minimum atomic E-state index is -0.610. The van der Waals surface area contributed by atoms with E-state index in [-0.39, 0.29) is 23.7 Å². The van der Waals surface area contributed by atoms with Gasteiger partial charge in [-0.25, -0.2) is 14.3 Å².